The Balaban J connectivity index is 5.21. The summed E-state index contributed by atoms with van der Waals surface area (Å²) in [6.07, 6.45) is 0. The van der Waals surface area contributed by atoms with Crippen LogP contribution in [-0.4, -0.2) is 50.1 Å². The molecule has 0 heterocycles. The minimum absolute atomic E-state index is 0.784. The molecule has 0 rings (SSSR count). The summed E-state index contributed by atoms with van der Waals surface area (Å²) < 4.78 is 19.7. The Bertz CT molecular complexity index is 285. The molecular weight excluding hydrogens is 349 g/mol. The van der Waals surface area contributed by atoms with Crippen LogP contribution in [0.25, 0.3) is 0 Å². The molecule has 0 saturated carbocycles. The highest BCUT2D eigenvalue weighted by molar-refractivity contribution is 7.31. The van der Waals surface area contributed by atoms with Gasteiger partial charge < -0.3 is 12.3 Å². The van der Waals surface area contributed by atoms with Gasteiger partial charge in [0.05, 0.1) is 16.6 Å². The van der Waals surface area contributed by atoms with Gasteiger partial charge in [0.15, 0.2) is 24.7 Å². The van der Waals surface area contributed by atoms with Gasteiger partial charge in [-0.1, -0.05) is 26.2 Å². The van der Waals surface area contributed by atoms with Crippen LogP contribution in [-0.2, 0) is 12.3 Å². The van der Waals surface area contributed by atoms with Gasteiger partial charge in [-0.15, -0.1) is 0 Å². The lowest BCUT2D eigenvalue weighted by molar-refractivity contribution is 0.274. The molecule has 0 aromatic heterocycles. The fourth-order valence-corrected chi connectivity index (χ4v) is 24.5. The van der Waals surface area contributed by atoms with Gasteiger partial charge in [0.2, 0.25) is 0 Å². The molecule has 0 unspecified atom stereocenters. The van der Waals surface area contributed by atoms with Gasteiger partial charge in [-0.2, -0.15) is 0 Å². The van der Waals surface area contributed by atoms with Crippen LogP contribution >= 0.6 is 0 Å². The van der Waals surface area contributed by atoms with Crippen LogP contribution in [0.15, 0.2) is 0 Å². The van der Waals surface area contributed by atoms with E-state index in [-0.39, 0.29) is 0 Å². The average Bonchev–Trinajstić information content (AvgIpc) is 2.11. The fraction of sp³-hybridized carbons (Fsp3) is 1.00. The minimum Gasteiger partial charge on any atom is -0.420 e. The van der Waals surface area contributed by atoms with Gasteiger partial charge in [0.25, 0.3) is 0 Å². The molecule has 0 bridgehead atoms. The average molecular weight is 385 g/mol. The summed E-state index contributed by atoms with van der Waals surface area (Å²) in [5.41, 5.74) is 0. The van der Waals surface area contributed by atoms with Crippen LogP contribution in [0.2, 0.25) is 72.0 Å². The second kappa shape index (κ2) is 7.64. The summed E-state index contributed by atoms with van der Waals surface area (Å²) in [5, 5.41) is 0. The van der Waals surface area contributed by atoms with Crippen LogP contribution in [0.3, 0.4) is 0 Å². The van der Waals surface area contributed by atoms with Crippen molar-refractivity contribution >= 4 is 50.1 Å². The lowest BCUT2D eigenvalue weighted by Gasteiger charge is -2.42. The van der Waals surface area contributed by atoms with Gasteiger partial charge in [0.1, 0.15) is 0 Å². The van der Waals surface area contributed by atoms with Crippen molar-refractivity contribution in [3.63, 3.8) is 0 Å². The van der Waals surface area contributed by atoms with Crippen molar-refractivity contribution in [3.8, 4) is 0 Å². The molecule has 0 N–H and O–H groups in total. The Morgan fingerprint density at radius 1 is 0.600 bits per heavy atom. The zero-order chi connectivity index (χ0) is 16.4. The summed E-state index contributed by atoms with van der Waals surface area (Å²) >= 11 is 0. The topological polar surface area (TPSA) is 27.7 Å². The summed E-state index contributed by atoms with van der Waals surface area (Å²) in [7, 11) is -8.39. The molecule has 9 heteroatoms. The zero-order valence-electron chi connectivity index (χ0n) is 15.5. The van der Waals surface area contributed by atoms with Gasteiger partial charge in [-0.05, 0) is 39.3 Å². The summed E-state index contributed by atoms with van der Waals surface area (Å²) in [6, 6.07) is 0. The highest BCUT2D eigenvalue weighted by Gasteiger charge is 2.47. The molecule has 0 fully saturated rings. The van der Waals surface area contributed by atoms with E-state index in [4.69, 9.17) is 12.3 Å². The first-order valence-corrected chi connectivity index (χ1v) is 26.9. The van der Waals surface area contributed by atoms with Crippen LogP contribution in [0.5, 0.6) is 0 Å². The Labute approximate surface area is 134 Å². The number of rotatable bonds is 8. The van der Waals surface area contributed by atoms with Crippen molar-refractivity contribution in [2.24, 2.45) is 0 Å². The maximum Gasteiger partial charge on any atom is 0.465 e. The van der Waals surface area contributed by atoms with Crippen molar-refractivity contribution in [1.82, 2.24) is 0 Å². The molecule has 0 atom stereocenters. The Morgan fingerprint density at radius 2 is 0.900 bits per heavy atom. The van der Waals surface area contributed by atoms with E-state index in [1.165, 1.54) is 0 Å². The van der Waals surface area contributed by atoms with Gasteiger partial charge in [-0.3, -0.25) is 0 Å². The minimum atomic E-state index is -2.45. The van der Waals surface area contributed by atoms with Crippen LogP contribution in [0.1, 0.15) is 0 Å². The number of hydrogen-bond acceptors (Lipinski definition) is 3. The van der Waals surface area contributed by atoms with Gasteiger partial charge in [0, 0.05) is 6.55 Å². The van der Waals surface area contributed by atoms with Crippen molar-refractivity contribution in [1.29, 1.82) is 0 Å². The SMILES string of the molecule is C[SiH](C)O[Si](C)(O[Si](C)(C)[SiH](C)C)O[Si](C)(C)[SiH](C)C. The first kappa shape index (κ1) is 21.2. The van der Waals surface area contributed by atoms with Gasteiger partial charge in [-0.25, -0.2) is 0 Å². The third-order valence-corrected chi connectivity index (χ3v) is 39.3. The van der Waals surface area contributed by atoms with Crippen LogP contribution in [0.4, 0.5) is 0 Å². The predicted octanol–water partition coefficient (Wildman–Crippen LogP) is 3.13. The molecule has 0 radical (unpaired) electrons. The largest absolute Gasteiger partial charge is 0.465 e. The quantitative estimate of drug-likeness (QED) is 0.602. The molecule has 0 aromatic carbocycles. The Kier molecular flexibility index (Phi) is 8.09. The first-order valence-electron chi connectivity index (χ1n) is 7.80. The molecule has 122 valence electrons. The maximum absolute atomic E-state index is 6.67. The van der Waals surface area contributed by atoms with E-state index in [1.54, 1.807) is 0 Å². The molecule has 0 spiro atoms. The predicted molar refractivity (Wildman–Crippen MR) is 106 cm³/mol. The highest BCUT2D eigenvalue weighted by atomic mass is 29.3. The Morgan fingerprint density at radius 3 is 1.10 bits per heavy atom. The molecule has 0 aliphatic heterocycles. The van der Waals surface area contributed by atoms with E-state index >= 15 is 0 Å². The van der Waals surface area contributed by atoms with Crippen molar-refractivity contribution in [3.05, 3.63) is 0 Å². The molecule has 0 aliphatic carbocycles. The third-order valence-electron chi connectivity index (χ3n) is 4.13. The molecule has 0 aromatic rings. The molecule has 0 amide bonds. The van der Waals surface area contributed by atoms with E-state index in [9.17, 15) is 0 Å². The Hall–Kier alpha value is 1.18. The highest BCUT2D eigenvalue weighted by Crippen LogP contribution is 2.25. The van der Waals surface area contributed by atoms with Gasteiger partial charge >= 0.3 is 8.80 Å². The zero-order valence-corrected chi connectivity index (χ0v) is 21.9. The van der Waals surface area contributed by atoms with E-state index in [0.29, 0.717) is 0 Å². The monoisotopic (exact) mass is 384 g/mol. The van der Waals surface area contributed by atoms with Crippen molar-refractivity contribution in [2.45, 2.75) is 72.0 Å². The summed E-state index contributed by atoms with van der Waals surface area (Å²) in [5.74, 6) is 0. The molecule has 0 aliphatic rings. The standard InChI is InChI=1S/C11H36O3Si6/c1-15(2)12-20(11,13-18(7,8)16(3)4)14-19(9,10)17(5)6/h15-17H,1-11H3. The molecule has 0 saturated heterocycles. The lowest BCUT2D eigenvalue weighted by Crippen LogP contribution is -2.63. The van der Waals surface area contributed by atoms with E-state index in [0.717, 1.165) is 0 Å². The second-order valence-corrected chi connectivity index (χ2v) is 40.5. The van der Waals surface area contributed by atoms with Crippen molar-refractivity contribution < 1.29 is 12.3 Å². The van der Waals surface area contributed by atoms with E-state index in [1.807, 2.05) is 0 Å². The van der Waals surface area contributed by atoms with E-state index < -0.39 is 50.1 Å². The summed E-state index contributed by atoms with van der Waals surface area (Å²) in [4.78, 5) is 0. The third kappa shape index (κ3) is 6.96. The first-order chi connectivity index (χ1) is 8.72. The van der Waals surface area contributed by atoms with Crippen molar-refractivity contribution in [2.75, 3.05) is 0 Å². The molecule has 20 heavy (non-hydrogen) atoms. The molecular formula is C11H36O3Si6. The summed E-state index contributed by atoms with van der Waals surface area (Å²) in [6.45, 7) is 25.6. The second-order valence-electron chi connectivity index (χ2n) is 7.75. The molecule has 3 nitrogen and oxygen atoms in total. The maximum atomic E-state index is 6.67. The van der Waals surface area contributed by atoms with E-state index in [2.05, 4.69) is 72.0 Å². The fourth-order valence-electron chi connectivity index (χ4n) is 1.69. The normalized spacial score (nSPS) is 14.7. The van der Waals surface area contributed by atoms with Crippen LogP contribution < -0.4 is 0 Å². The number of hydrogen-bond donors (Lipinski definition) is 0. The lowest BCUT2D eigenvalue weighted by atomic mass is 11.9. The van der Waals surface area contributed by atoms with Crippen LogP contribution in [0, 0.1) is 0 Å². The smallest absolute Gasteiger partial charge is 0.420 e.